The van der Waals surface area contributed by atoms with Gasteiger partial charge in [0.1, 0.15) is 18.5 Å². The van der Waals surface area contributed by atoms with E-state index in [-0.39, 0.29) is 0 Å². The highest BCUT2D eigenvalue weighted by atomic mass is 16.6. The number of aromatic nitrogens is 2. The molecule has 0 amide bonds. The zero-order valence-electron chi connectivity index (χ0n) is 10.3. The van der Waals surface area contributed by atoms with E-state index in [9.17, 15) is 0 Å². The molecule has 0 fully saturated rings. The first-order valence-corrected chi connectivity index (χ1v) is 5.28. The molecule has 3 nitrogen and oxygen atoms in total. The van der Waals surface area contributed by atoms with E-state index in [1.54, 1.807) is 30.1 Å². The van der Waals surface area contributed by atoms with Crippen LogP contribution in [0.1, 0.15) is 29.7 Å². The van der Waals surface area contributed by atoms with Crippen molar-refractivity contribution in [2.45, 2.75) is 6.92 Å². The lowest BCUT2D eigenvalue weighted by Crippen LogP contribution is -2.48. The minimum Gasteiger partial charge on any atom is -0.273 e. The van der Waals surface area contributed by atoms with Gasteiger partial charge < -0.3 is 0 Å². The molecule has 0 saturated carbocycles. The number of hydrogen-bond acceptors (Lipinski definition) is 2. The van der Waals surface area contributed by atoms with Crippen molar-refractivity contribution in [1.29, 1.82) is 0 Å². The summed E-state index contributed by atoms with van der Waals surface area (Å²) in [7, 11) is 1.60. The van der Waals surface area contributed by atoms with Crippen LogP contribution >= 0.6 is 0 Å². The molecule has 17 heavy (non-hydrogen) atoms. The highest BCUT2D eigenvalue weighted by Crippen LogP contribution is 2.12. The van der Waals surface area contributed by atoms with Crippen molar-refractivity contribution in [3.63, 3.8) is 0 Å². The van der Waals surface area contributed by atoms with Gasteiger partial charge in [0, 0.05) is 16.9 Å². The Morgan fingerprint density at radius 3 is 2.06 bits per heavy atom. The Hall–Kier alpha value is -2.16. The van der Waals surface area contributed by atoms with Crippen molar-refractivity contribution in [3.05, 3.63) is 48.6 Å². The minimum atomic E-state index is 0.713. The second kappa shape index (κ2) is 5.80. The summed E-state index contributed by atoms with van der Waals surface area (Å²) in [5.74, 6) is 0. The molecule has 0 atom stereocenters. The molecule has 0 aliphatic rings. The molecule has 0 unspecified atom stereocenters. The van der Waals surface area contributed by atoms with Gasteiger partial charge in [-0.05, 0) is 19.1 Å². The molecule has 1 aromatic rings. The molecule has 3 heteroatoms. The van der Waals surface area contributed by atoms with Gasteiger partial charge in [-0.1, -0.05) is 25.8 Å². The molecule has 1 aromatic heterocycles. The molecule has 0 aromatic carbocycles. The zero-order valence-corrected chi connectivity index (χ0v) is 10.3. The largest absolute Gasteiger partial charge is 0.283 e. The number of hydrogen-bond donors (Lipinski definition) is 0. The fraction of sp³-hybridized carbons (Fsp3) is 0.143. The van der Waals surface area contributed by atoms with E-state index >= 15 is 0 Å². The zero-order chi connectivity index (χ0) is 12.8. The van der Waals surface area contributed by atoms with Crippen molar-refractivity contribution >= 4 is 24.3 Å². The van der Waals surface area contributed by atoms with Crippen LogP contribution in [0.5, 0.6) is 0 Å². The van der Waals surface area contributed by atoms with Gasteiger partial charge in [-0.2, -0.15) is 0 Å². The third-order valence-corrected chi connectivity index (χ3v) is 2.29. The second-order valence-electron chi connectivity index (χ2n) is 3.24. The smallest absolute Gasteiger partial charge is 0.273 e. The highest BCUT2D eigenvalue weighted by molar-refractivity contribution is 5.61. The van der Waals surface area contributed by atoms with E-state index in [2.05, 4.69) is 24.7 Å². The van der Waals surface area contributed by atoms with E-state index in [0.717, 1.165) is 17.1 Å². The van der Waals surface area contributed by atoms with Crippen LogP contribution in [0, 0.1) is 0 Å². The van der Waals surface area contributed by atoms with Crippen LogP contribution in [0.25, 0.3) is 24.3 Å². The molecule has 0 spiro atoms. The number of nitrogens with zero attached hydrogens (tertiary/aromatic N) is 2. The summed E-state index contributed by atoms with van der Waals surface area (Å²) >= 11 is 0. The lowest BCUT2D eigenvalue weighted by molar-refractivity contribution is -0.888. The third kappa shape index (κ3) is 2.33. The van der Waals surface area contributed by atoms with Crippen LogP contribution < -0.4 is 9.57 Å². The normalized spacial score (nSPS) is 10.2. The first-order chi connectivity index (χ1) is 8.23. The summed E-state index contributed by atoms with van der Waals surface area (Å²) in [6.07, 6.45) is 8.87. The summed E-state index contributed by atoms with van der Waals surface area (Å²) < 4.78 is 1.66. The topological polar surface area (TPSA) is 26.0 Å². The predicted octanol–water partition coefficient (Wildman–Crippen LogP) is 2.39. The Morgan fingerprint density at radius 2 is 1.65 bits per heavy atom. The SMILES string of the molecule is C=Cc1nc(C=C)c(/C=C\C)[n+](OC)c1C=C. The van der Waals surface area contributed by atoms with Crippen molar-refractivity contribution in [3.8, 4) is 0 Å². The molecule has 1 heterocycles. The van der Waals surface area contributed by atoms with E-state index in [1.165, 1.54) is 0 Å². The Labute approximate surface area is 102 Å². The Balaban J connectivity index is 3.72. The molecule has 0 bridgehead atoms. The van der Waals surface area contributed by atoms with Crippen LogP contribution in [0.4, 0.5) is 0 Å². The molecule has 0 aliphatic carbocycles. The van der Waals surface area contributed by atoms with Crippen molar-refractivity contribution in [1.82, 2.24) is 4.98 Å². The van der Waals surface area contributed by atoms with Crippen LogP contribution in [0.15, 0.2) is 25.8 Å². The lowest BCUT2D eigenvalue weighted by atomic mass is 10.2. The van der Waals surface area contributed by atoms with Crippen LogP contribution in [-0.4, -0.2) is 12.1 Å². The maximum absolute atomic E-state index is 5.36. The van der Waals surface area contributed by atoms with Gasteiger partial charge in [-0.15, -0.1) is 0 Å². The van der Waals surface area contributed by atoms with Gasteiger partial charge in [0.25, 0.3) is 11.4 Å². The maximum atomic E-state index is 5.36. The third-order valence-electron chi connectivity index (χ3n) is 2.29. The number of rotatable bonds is 5. The highest BCUT2D eigenvalue weighted by Gasteiger charge is 2.23. The lowest BCUT2D eigenvalue weighted by Gasteiger charge is -2.05. The average Bonchev–Trinajstić information content (AvgIpc) is 2.37. The van der Waals surface area contributed by atoms with Crippen molar-refractivity contribution in [2.24, 2.45) is 0 Å². The summed E-state index contributed by atoms with van der Waals surface area (Å²) in [6, 6.07) is 0. The van der Waals surface area contributed by atoms with Crippen molar-refractivity contribution in [2.75, 3.05) is 7.11 Å². The molecular formula is C14H17N2O+. The Bertz CT molecular complexity index is 487. The van der Waals surface area contributed by atoms with Crippen LogP contribution in [0.2, 0.25) is 0 Å². The molecule has 0 aliphatic heterocycles. The average molecular weight is 229 g/mol. The van der Waals surface area contributed by atoms with Gasteiger partial charge in [-0.25, -0.2) is 4.98 Å². The standard InChI is InChI=1S/C14H17N2O/c1-6-10-14-12(8-3)15-11(7-2)13(9-4)16(14)17-5/h6-10H,2-4H2,1,5H3/q+1/b10-6-. The molecule has 0 saturated heterocycles. The maximum Gasteiger partial charge on any atom is 0.283 e. The molecular weight excluding hydrogens is 212 g/mol. The molecule has 88 valence electrons. The molecule has 0 radical (unpaired) electrons. The van der Waals surface area contributed by atoms with Crippen LogP contribution in [-0.2, 0) is 0 Å². The Morgan fingerprint density at radius 1 is 1.06 bits per heavy atom. The van der Waals surface area contributed by atoms with Gasteiger partial charge in [-0.3, -0.25) is 4.84 Å². The predicted molar refractivity (Wildman–Crippen MR) is 71.9 cm³/mol. The van der Waals surface area contributed by atoms with E-state index in [4.69, 9.17) is 4.84 Å². The monoisotopic (exact) mass is 229 g/mol. The van der Waals surface area contributed by atoms with Gasteiger partial charge in [0.05, 0.1) is 0 Å². The van der Waals surface area contributed by atoms with Gasteiger partial charge in [0.15, 0.2) is 0 Å². The van der Waals surface area contributed by atoms with E-state index < -0.39 is 0 Å². The Kier molecular flexibility index (Phi) is 4.40. The molecule has 1 rings (SSSR count). The van der Waals surface area contributed by atoms with E-state index in [0.29, 0.717) is 5.69 Å². The second-order valence-corrected chi connectivity index (χ2v) is 3.24. The summed E-state index contributed by atoms with van der Waals surface area (Å²) in [5, 5.41) is 0. The quantitative estimate of drug-likeness (QED) is 0.725. The fourth-order valence-electron chi connectivity index (χ4n) is 1.58. The summed E-state index contributed by atoms with van der Waals surface area (Å²) in [5.41, 5.74) is 3.04. The first kappa shape index (κ1) is 12.9. The summed E-state index contributed by atoms with van der Waals surface area (Å²) in [4.78, 5) is 9.81. The van der Waals surface area contributed by atoms with Gasteiger partial charge >= 0.3 is 0 Å². The fourth-order valence-corrected chi connectivity index (χ4v) is 1.58. The van der Waals surface area contributed by atoms with Crippen LogP contribution in [0.3, 0.4) is 0 Å². The first-order valence-electron chi connectivity index (χ1n) is 5.28. The van der Waals surface area contributed by atoms with Crippen molar-refractivity contribution < 1.29 is 9.57 Å². The molecule has 0 N–H and O–H groups in total. The van der Waals surface area contributed by atoms with Gasteiger partial charge in [0.2, 0.25) is 0 Å². The summed E-state index contributed by atoms with van der Waals surface area (Å²) in [6.45, 7) is 13.2. The minimum absolute atomic E-state index is 0.713. The van der Waals surface area contributed by atoms with E-state index in [1.807, 2.05) is 19.1 Å². The number of allylic oxidation sites excluding steroid dienone is 1.